The summed E-state index contributed by atoms with van der Waals surface area (Å²) in [6.45, 7) is 1.80. The maximum Gasteiger partial charge on any atom is 0.242 e. The highest BCUT2D eigenvalue weighted by molar-refractivity contribution is 5.89. The predicted molar refractivity (Wildman–Crippen MR) is 80.2 cm³/mol. The quantitative estimate of drug-likeness (QED) is 0.914. The van der Waals surface area contributed by atoms with E-state index in [0.29, 0.717) is 0 Å². The lowest BCUT2D eigenvalue weighted by Gasteiger charge is -2.33. The van der Waals surface area contributed by atoms with E-state index in [1.807, 2.05) is 4.90 Å². The third-order valence-electron chi connectivity index (χ3n) is 4.80. The second-order valence-electron chi connectivity index (χ2n) is 6.42. The topological polar surface area (TPSA) is 46.3 Å². The van der Waals surface area contributed by atoms with Crippen LogP contribution in [0.2, 0.25) is 0 Å². The van der Waals surface area contributed by atoms with Gasteiger partial charge < -0.3 is 10.6 Å². The van der Waals surface area contributed by atoms with E-state index in [0.717, 1.165) is 51.1 Å². The molecule has 108 valence electrons. The van der Waals surface area contributed by atoms with E-state index in [9.17, 15) is 4.79 Å². The third-order valence-corrected chi connectivity index (χ3v) is 4.80. The van der Waals surface area contributed by atoms with Crippen LogP contribution in [-0.4, -0.2) is 29.4 Å². The maximum absolute atomic E-state index is 12.2. The molecule has 0 bridgehead atoms. The highest BCUT2D eigenvalue weighted by Crippen LogP contribution is 2.35. The van der Waals surface area contributed by atoms with Gasteiger partial charge in [-0.15, -0.1) is 0 Å². The lowest BCUT2D eigenvalue weighted by Crippen LogP contribution is -2.48. The van der Waals surface area contributed by atoms with E-state index >= 15 is 0 Å². The summed E-state index contributed by atoms with van der Waals surface area (Å²) in [5.74, 6) is 0.950. The van der Waals surface area contributed by atoms with Crippen molar-refractivity contribution < 1.29 is 4.79 Å². The summed E-state index contributed by atoms with van der Waals surface area (Å²) in [6.07, 6.45) is 6.41. The molecule has 3 heteroatoms. The van der Waals surface area contributed by atoms with Gasteiger partial charge in [-0.2, -0.15) is 0 Å². The molecule has 2 fully saturated rings. The molecule has 1 aliphatic carbocycles. The minimum atomic E-state index is -0.489. The molecule has 2 aliphatic rings. The Kier molecular flexibility index (Phi) is 3.79. The van der Waals surface area contributed by atoms with Gasteiger partial charge in [0, 0.05) is 13.1 Å². The SMILES string of the molecule is NC1(C(=O)N2CCC(CCc3ccccc3)CC2)CC1. The number of aryl methyl sites for hydroxylation is 1. The highest BCUT2D eigenvalue weighted by atomic mass is 16.2. The van der Waals surface area contributed by atoms with Gasteiger partial charge >= 0.3 is 0 Å². The molecule has 3 nitrogen and oxygen atoms in total. The van der Waals surface area contributed by atoms with Crippen LogP contribution in [0.15, 0.2) is 30.3 Å². The molecule has 1 amide bonds. The normalized spacial score (nSPS) is 21.8. The summed E-state index contributed by atoms with van der Waals surface area (Å²) in [5, 5.41) is 0. The maximum atomic E-state index is 12.2. The molecular weight excluding hydrogens is 248 g/mol. The fourth-order valence-electron chi connectivity index (χ4n) is 3.10. The van der Waals surface area contributed by atoms with E-state index < -0.39 is 5.54 Å². The van der Waals surface area contributed by atoms with Gasteiger partial charge in [0.25, 0.3) is 0 Å². The van der Waals surface area contributed by atoms with Crippen molar-refractivity contribution in [3.8, 4) is 0 Å². The molecule has 1 aliphatic heterocycles. The minimum Gasteiger partial charge on any atom is -0.341 e. The second-order valence-corrected chi connectivity index (χ2v) is 6.42. The van der Waals surface area contributed by atoms with E-state index in [4.69, 9.17) is 5.73 Å². The standard InChI is InChI=1S/C17H24N2O/c18-17(10-11-17)16(20)19-12-8-15(9-13-19)7-6-14-4-2-1-3-5-14/h1-5,15H,6-13,18H2. The predicted octanol–water partition coefficient (Wildman–Crippen LogP) is 2.35. The van der Waals surface area contributed by atoms with Crippen molar-refractivity contribution in [3.63, 3.8) is 0 Å². The Morgan fingerprint density at radius 3 is 2.45 bits per heavy atom. The molecule has 2 N–H and O–H groups in total. The van der Waals surface area contributed by atoms with Gasteiger partial charge in [0.05, 0.1) is 5.54 Å². The second kappa shape index (κ2) is 5.57. The van der Waals surface area contributed by atoms with Crippen LogP contribution in [0.5, 0.6) is 0 Å². The molecule has 20 heavy (non-hydrogen) atoms. The zero-order valence-electron chi connectivity index (χ0n) is 12.1. The number of amides is 1. The molecular formula is C17H24N2O. The Hall–Kier alpha value is -1.35. The lowest BCUT2D eigenvalue weighted by molar-refractivity contribution is -0.135. The molecule has 3 rings (SSSR count). The number of nitrogens with two attached hydrogens (primary N) is 1. The van der Waals surface area contributed by atoms with Crippen molar-refractivity contribution in [1.82, 2.24) is 4.90 Å². The third kappa shape index (κ3) is 3.04. The molecule has 1 aromatic carbocycles. The van der Waals surface area contributed by atoms with E-state index in [2.05, 4.69) is 30.3 Å². The Balaban J connectivity index is 1.43. The number of hydrogen-bond donors (Lipinski definition) is 1. The Morgan fingerprint density at radius 1 is 1.20 bits per heavy atom. The molecule has 0 aromatic heterocycles. The first kappa shape index (κ1) is 13.6. The van der Waals surface area contributed by atoms with Crippen molar-refractivity contribution in [2.45, 2.75) is 44.1 Å². The number of likely N-dealkylation sites (tertiary alicyclic amines) is 1. The van der Waals surface area contributed by atoms with Gasteiger partial charge in [-0.05, 0) is 50.0 Å². The Labute approximate surface area is 121 Å². The Morgan fingerprint density at radius 2 is 1.85 bits per heavy atom. The molecule has 1 heterocycles. The number of carbonyl (C=O) groups is 1. The monoisotopic (exact) mass is 272 g/mol. The van der Waals surface area contributed by atoms with Gasteiger partial charge in [-0.25, -0.2) is 0 Å². The highest BCUT2D eigenvalue weighted by Gasteiger charge is 2.48. The fraction of sp³-hybridized carbons (Fsp3) is 0.588. The number of piperidine rings is 1. The minimum absolute atomic E-state index is 0.194. The molecule has 1 aromatic rings. The summed E-state index contributed by atoms with van der Waals surface area (Å²) in [6, 6.07) is 10.7. The smallest absolute Gasteiger partial charge is 0.242 e. The molecule has 0 spiro atoms. The number of nitrogens with zero attached hydrogens (tertiary/aromatic N) is 1. The van der Waals surface area contributed by atoms with Gasteiger partial charge in [0.2, 0.25) is 5.91 Å². The van der Waals surface area contributed by atoms with Crippen LogP contribution in [0, 0.1) is 5.92 Å². The lowest BCUT2D eigenvalue weighted by atomic mass is 9.90. The van der Waals surface area contributed by atoms with Crippen LogP contribution in [0.3, 0.4) is 0 Å². The van der Waals surface area contributed by atoms with Crippen molar-refractivity contribution in [2.75, 3.05) is 13.1 Å². The van der Waals surface area contributed by atoms with E-state index in [-0.39, 0.29) is 5.91 Å². The van der Waals surface area contributed by atoms with Crippen LogP contribution < -0.4 is 5.73 Å². The molecule has 1 saturated heterocycles. The number of hydrogen-bond acceptors (Lipinski definition) is 2. The Bertz CT molecular complexity index is 459. The van der Waals surface area contributed by atoms with Crippen LogP contribution in [-0.2, 0) is 11.2 Å². The first-order valence-electron chi connectivity index (χ1n) is 7.79. The molecule has 1 saturated carbocycles. The molecule has 0 radical (unpaired) electrons. The number of benzene rings is 1. The summed E-state index contributed by atoms with van der Waals surface area (Å²) in [4.78, 5) is 14.2. The average Bonchev–Trinajstić information content (AvgIpc) is 3.25. The first-order chi connectivity index (χ1) is 9.67. The first-order valence-corrected chi connectivity index (χ1v) is 7.79. The van der Waals surface area contributed by atoms with Crippen LogP contribution in [0.25, 0.3) is 0 Å². The van der Waals surface area contributed by atoms with Gasteiger partial charge in [-0.3, -0.25) is 4.79 Å². The molecule has 0 unspecified atom stereocenters. The van der Waals surface area contributed by atoms with Crippen LogP contribution in [0.1, 0.15) is 37.7 Å². The summed E-state index contributed by atoms with van der Waals surface area (Å²) < 4.78 is 0. The van der Waals surface area contributed by atoms with E-state index in [1.165, 1.54) is 12.0 Å². The van der Waals surface area contributed by atoms with Crippen LogP contribution >= 0.6 is 0 Å². The summed E-state index contributed by atoms with van der Waals surface area (Å²) in [7, 11) is 0. The van der Waals surface area contributed by atoms with E-state index in [1.54, 1.807) is 0 Å². The van der Waals surface area contributed by atoms with Crippen molar-refractivity contribution in [2.24, 2.45) is 11.7 Å². The van der Waals surface area contributed by atoms with Gasteiger partial charge in [-0.1, -0.05) is 30.3 Å². The zero-order chi connectivity index (χ0) is 14.0. The van der Waals surface area contributed by atoms with Crippen molar-refractivity contribution in [3.05, 3.63) is 35.9 Å². The van der Waals surface area contributed by atoms with Crippen molar-refractivity contribution in [1.29, 1.82) is 0 Å². The fourth-order valence-corrected chi connectivity index (χ4v) is 3.10. The van der Waals surface area contributed by atoms with Gasteiger partial charge in [0.15, 0.2) is 0 Å². The molecule has 0 atom stereocenters. The van der Waals surface area contributed by atoms with Crippen LogP contribution in [0.4, 0.5) is 0 Å². The number of rotatable bonds is 4. The van der Waals surface area contributed by atoms with Gasteiger partial charge in [0.1, 0.15) is 0 Å². The number of carbonyl (C=O) groups excluding carboxylic acids is 1. The summed E-state index contributed by atoms with van der Waals surface area (Å²) >= 11 is 0. The summed E-state index contributed by atoms with van der Waals surface area (Å²) in [5.41, 5.74) is 6.93. The van der Waals surface area contributed by atoms with Crippen molar-refractivity contribution >= 4 is 5.91 Å². The largest absolute Gasteiger partial charge is 0.341 e. The zero-order valence-corrected chi connectivity index (χ0v) is 12.1. The average molecular weight is 272 g/mol.